The Hall–Kier alpha value is -1.55. The molecule has 0 fully saturated rings. The first-order chi connectivity index (χ1) is 7.00. The third kappa shape index (κ3) is 3.25. The molecule has 0 aromatic heterocycles. The second-order valence-corrected chi connectivity index (χ2v) is 3.54. The van der Waals surface area contributed by atoms with E-state index in [9.17, 15) is 9.59 Å². The van der Waals surface area contributed by atoms with Gasteiger partial charge in [-0.25, -0.2) is 4.79 Å². The molecule has 1 unspecified atom stereocenters. The Labute approximate surface area is 91.1 Å². The van der Waals surface area contributed by atoms with Crippen molar-refractivity contribution in [2.75, 3.05) is 0 Å². The van der Waals surface area contributed by atoms with E-state index in [1.54, 1.807) is 12.1 Å². The Balaban J connectivity index is 2.82. The Bertz CT molecular complexity index is 389. The summed E-state index contributed by atoms with van der Waals surface area (Å²) in [6.45, 7) is 0. The van der Waals surface area contributed by atoms with E-state index in [4.69, 9.17) is 21.8 Å². The summed E-state index contributed by atoms with van der Waals surface area (Å²) in [5.74, 6) is -2.16. The normalized spacial score (nSPS) is 12.1. The lowest BCUT2D eigenvalue weighted by molar-refractivity contribution is -0.136. The molecule has 0 saturated heterocycles. The van der Waals surface area contributed by atoms with Gasteiger partial charge in [0.05, 0.1) is 5.56 Å². The summed E-state index contributed by atoms with van der Waals surface area (Å²) in [4.78, 5) is 21.1. The van der Waals surface area contributed by atoms with Gasteiger partial charge in [-0.15, -0.1) is 11.6 Å². The topological polar surface area (TPSA) is 74.6 Å². The first kappa shape index (κ1) is 11.5. The lowest BCUT2D eigenvalue weighted by Gasteiger charge is -2.04. The maximum Gasteiger partial charge on any atom is 0.335 e. The van der Waals surface area contributed by atoms with Crippen molar-refractivity contribution < 1.29 is 19.8 Å². The van der Waals surface area contributed by atoms with E-state index in [2.05, 4.69) is 0 Å². The molecule has 0 bridgehead atoms. The van der Waals surface area contributed by atoms with Gasteiger partial charge in [-0.3, -0.25) is 4.79 Å². The number of hydrogen-bond acceptors (Lipinski definition) is 2. The summed E-state index contributed by atoms with van der Waals surface area (Å²) in [6.07, 6.45) is 0.109. The molecule has 0 spiro atoms. The van der Waals surface area contributed by atoms with Crippen molar-refractivity contribution in [1.29, 1.82) is 0 Å². The highest BCUT2D eigenvalue weighted by molar-refractivity contribution is 6.29. The summed E-state index contributed by atoms with van der Waals surface area (Å²) in [5.41, 5.74) is 0.721. The third-order valence-electron chi connectivity index (χ3n) is 1.86. The van der Waals surface area contributed by atoms with Crippen LogP contribution in [-0.4, -0.2) is 27.5 Å². The Morgan fingerprint density at radius 2 is 2.00 bits per heavy atom. The number of aromatic carboxylic acids is 1. The molecule has 15 heavy (non-hydrogen) atoms. The molecule has 0 radical (unpaired) electrons. The van der Waals surface area contributed by atoms with E-state index < -0.39 is 17.3 Å². The van der Waals surface area contributed by atoms with Crippen LogP contribution >= 0.6 is 11.6 Å². The van der Waals surface area contributed by atoms with Crippen LogP contribution in [0, 0.1) is 0 Å². The van der Waals surface area contributed by atoms with Crippen molar-refractivity contribution in [2.24, 2.45) is 0 Å². The molecule has 1 rings (SSSR count). The highest BCUT2D eigenvalue weighted by Gasteiger charge is 2.14. The smallest absolute Gasteiger partial charge is 0.335 e. The molecule has 0 saturated carbocycles. The fraction of sp³-hybridized carbons (Fsp3) is 0.200. The molecule has 0 heterocycles. The molecule has 1 aromatic carbocycles. The minimum atomic E-state index is -1.11. The van der Waals surface area contributed by atoms with E-state index in [0.717, 1.165) is 0 Å². The first-order valence-corrected chi connectivity index (χ1v) is 4.63. The molecule has 5 heteroatoms. The fourth-order valence-electron chi connectivity index (χ4n) is 1.13. The highest BCUT2D eigenvalue weighted by Crippen LogP contribution is 2.11. The van der Waals surface area contributed by atoms with Crippen molar-refractivity contribution in [3.05, 3.63) is 35.4 Å². The van der Waals surface area contributed by atoms with E-state index in [-0.39, 0.29) is 12.0 Å². The van der Waals surface area contributed by atoms with Gasteiger partial charge in [0.2, 0.25) is 0 Å². The summed E-state index contributed by atoms with van der Waals surface area (Å²) in [7, 11) is 0. The third-order valence-corrected chi connectivity index (χ3v) is 2.20. The average molecular weight is 229 g/mol. The van der Waals surface area contributed by atoms with Crippen LogP contribution in [0.3, 0.4) is 0 Å². The zero-order chi connectivity index (χ0) is 11.4. The van der Waals surface area contributed by atoms with Crippen LogP contribution in [0.2, 0.25) is 0 Å². The largest absolute Gasteiger partial charge is 0.480 e. The van der Waals surface area contributed by atoms with Gasteiger partial charge in [0.1, 0.15) is 5.38 Å². The standard InChI is InChI=1S/C10H9ClO4/c11-8(10(14)15)5-6-2-1-3-7(4-6)9(12)13/h1-4,8H,5H2,(H,12,13)(H,14,15). The number of aliphatic carboxylic acids is 1. The second kappa shape index (κ2) is 4.79. The van der Waals surface area contributed by atoms with Crippen molar-refractivity contribution in [3.63, 3.8) is 0 Å². The Morgan fingerprint density at radius 3 is 2.53 bits per heavy atom. The number of rotatable bonds is 4. The highest BCUT2D eigenvalue weighted by atomic mass is 35.5. The van der Waals surface area contributed by atoms with Gasteiger partial charge in [-0.05, 0) is 24.1 Å². The summed E-state index contributed by atoms with van der Waals surface area (Å²) < 4.78 is 0. The van der Waals surface area contributed by atoms with E-state index in [1.165, 1.54) is 12.1 Å². The molecular formula is C10H9ClO4. The van der Waals surface area contributed by atoms with Crippen LogP contribution in [0.15, 0.2) is 24.3 Å². The number of benzene rings is 1. The van der Waals surface area contributed by atoms with Gasteiger partial charge in [-0.2, -0.15) is 0 Å². The molecule has 0 aliphatic rings. The van der Waals surface area contributed by atoms with Crippen LogP contribution in [0.5, 0.6) is 0 Å². The maximum absolute atomic E-state index is 10.6. The van der Waals surface area contributed by atoms with E-state index >= 15 is 0 Å². The molecule has 4 nitrogen and oxygen atoms in total. The van der Waals surface area contributed by atoms with Gasteiger partial charge >= 0.3 is 11.9 Å². The van der Waals surface area contributed by atoms with Crippen LogP contribution in [0.25, 0.3) is 0 Å². The average Bonchev–Trinajstić information content (AvgIpc) is 2.18. The predicted molar refractivity (Wildman–Crippen MR) is 54.4 cm³/mol. The van der Waals surface area contributed by atoms with Gasteiger partial charge in [0.15, 0.2) is 0 Å². The monoisotopic (exact) mass is 228 g/mol. The van der Waals surface area contributed by atoms with Crippen LogP contribution < -0.4 is 0 Å². The van der Waals surface area contributed by atoms with Crippen molar-refractivity contribution in [1.82, 2.24) is 0 Å². The van der Waals surface area contributed by atoms with Crippen molar-refractivity contribution in [3.8, 4) is 0 Å². The minimum Gasteiger partial charge on any atom is -0.480 e. The SMILES string of the molecule is O=C(O)c1cccc(CC(Cl)C(=O)O)c1. The van der Waals surface area contributed by atoms with Crippen molar-refractivity contribution >= 4 is 23.5 Å². The quantitative estimate of drug-likeness (QED) is 0.768. The zero-order valence-corrected chi connectivity index (χ0v) is 8.44. The lowest BCUT2D eigenvalue weighted by Crippen LogP contribution is -2.16. The van der Waals surface area contributed by atoms with E-state index in [1.807, 2.05) is 0 Å². The van der Waals surface area contributed by atoms with Crippen LogP contribution in [-0.2, 0) is 11.2 Å². The fourth-order valence-corrected chi connectivity index (χ4v) is 1.30. The maximum atomic E-state index is 10.6. The molecule has 0 aliphatic carbocycles. The lowest BCUT2D eigenvalue weighted by atomic mass is 10.1. The zero-order valence-electron chi connectivity index (χ0n) is 7.68. The summed E-state index contributed by atoms with van der Waals surface area (Å²) in [6, 6.07) is 6.06. The molecule has 2 N–H and O–H groups in total. The number of hydrogen-bond donors (Lipinski definition) is 2. The van der Waals surface area contributed by atoms with E-state index in [0.29, 0.717) is 5.56 Å². The van der Waals surface area contributed by atoms with Crippen LogP contribution in [0.4, 0.5) is 0 Å². The van der Waals surface area contributed by atoms with Gasteiger partial charge in [0, 0.05) is 0 Å². The number of carbonyl (C=O) groups is 2. The number of carboxylic acids is 2. The van der Waals surface area contributed by atoms with Gasteiger partial charge < -0.3 is 10.2 Å². The molecule has 1 atom stereocenters. The Kier molecular flexibility index (Phi) is 3.68. The molecule has 0 aliphatic heterocycles. The Morgan fingerprint density at radius 1 is 1.33 bits per heavy atom. The molecule has 0 amide bonds. The summed E-state index contributed by atoms with van der Waals surface area (Å²) >= 11 is 5.54. The van der Waals surface area contributed by atoms with Gasteiger partial charge in [-0.1, -0.05) is 12.1 Å². The first-order valence-electron chi connectivity index (χ1n) is 4.20. The second-order valence-electron chi connectivity index (χ2n) is 3.02. The predicted octanol–water partition coefficient (Wildman–Crippen LogP) is 1.62. The number of carboxylic acid groups (broad SMARTS) is 2. The molecular weight excluding hydrogens is 220 g/mol. The number of alkyl halides is 1. The molecule has 80 valence electrons. The minimum absolute atomic E-state index is 0.109. The number of halogens is 1. The van der Waals surface area contributed by atoms with Crippen LogP contribution in [0.1, 0.15) is 15.9 Å². The van der Waals surface area contributed by atoms with Crippen molar-refractivity contribution in [2.45, 2.75) is 11.8 Å². The summed E-state index contributed by atoms with van der Waals surface area (Å²) in [5, 5.41) is 16.2. The van der Waals surface area contributed by atoms with Gasteiger partial charge in [0.25, 0.3) is 0 Å². The molecule has 1 aromatic rings.